The van der Waals surface area contributed by atoms with Crippen LogP contribution in [0.3, 0.4) is 0 Å². The molecule has 6 heteroatoms. The van der Waals surface area contributed by atoms with E-state index in [1.165, 1.54) is 12.1 Å². The Morgan fingerprint density at radius 2 is 2.13 bits per heavy atom. The summed E-state index contributed by atoms with van der Waals surface area (Å²) in [5.41, 5.74) is 0.695. The molecule has 0 bridgehead atoms. The second kappa shape index (κ2) is 6.50. The van der Waals surface area contributed by atoms with Crippen LogP contribution in [0.1, 0.15) is 19.8 Å². The van der Waals surface area contributed by atoms with Crippen molar-refractivity contribution in [2.75, 3.05) is 13.1 Å². The second-order valence-electron chi connectivity index (χ2n) is 5.84. The molecule has 1 saturated heterocycles. The van der Waals surface area contributed by atoms with Crippen LogP contribution >= 0.6 is 0 Å². The van der Waals surface area contributed by atoms with E-state index in [1.807, 2.05) is 4.90 Å². The molecule has 0 radical (unpaired) electrons. The molecule has 1 aliphatic rings. The minimum Gasteiger partial charge on any atom is -0.490 e. The number of piperidine rings is 1. The van der Waals surface area contributed by atoms with Gasteiger partial charge in [-0.3, -0.25) is 14.7 Å². The van der Waals surface area contributed by atoms with Crippen LogP contribution in [-0.4, -0.2) is 46.2 Å². The molecular weight excluding hydrogens is 299 g/mol. The van der Waals surface area contributed by atoms with Crippen LogP contribution in [0.25, 0.3) is 10.9 Å². The van der Waals surface area contributed by atoms with Crippen LogP contribution in [0.15, 0.2) is 30.5 Å². The van der Waals surface area contributed by atoms with Crippen molar-refractivity contribution >= 4 is 16.9 Å². The number of benzene rings is 1. The van der Waals surface area contributed by atoms with E-state index >= 15 is 0 Å². The summed E-state index contributed by atoms with van der Waals surface area (Å²) < 4.78 is 19.5. The minimum absolute atomic E-state index is 0.00103. The van der Waals surface area contributed by atoms with E-state index in [0.717, 1.165) is 12.8 Å². The number of carbonyl (C=O) groups is 1. The third-order valence-electron chi connectivity index (χ3n) is 4.34. The van der Waals surface area contributed by atoms with Gasteiger partial charge >= 0.3 is 5.97 Å². The molecule has 1 unspecified atom stereocenters. The molecular formula is C17H19FN2O3. The molecule has 1 fully saturated rings. The van der Waals surface area contributed by atoms with Gasteiger partial charge in [-0.25, -0.2) is 4.39 Å². The summed E-state index contributed by atoms with van der Waals surface area (Å²) in [6.07, 6.45) is 3.14. The van der Waals surface area contributed by atoms with E-state index < -0.39 is 12.0 Å². The fourth-order valence-electron chi connectivity index (χ4n) is 2.91. The quantitative estimate of drug-likeness (QED) is 0.939. The first-order chi connectivity index (χ1) is 11.0. The van der Waals surface area contributed by atoms with E-state index in [2.05, 4.69) is 4.98 Å². The van der Waals surface area contributed by atoms with Gasteiger partial charge in [-0.2, -0.15) is 0 Å². The first-order valence-electron chi connectivity index (χ1n) is 7.72. The first kappa shape index (κ1) is 15.7. The van der Waals surface area contributed by atoms with E-state index in [4.69, 9.17) is 9.84 Å². The number of likely N-dealkylation sites (tertiary alicyclic amines) is 1. The van der Waals surface area contributed by atoms with Gasteiger partial charge in [0.15, 0.2) is 0 Å². The number of hydrogen-bond donors (Lipinski definition) is 1. The molecule has 0 aliphatic carbocycles. The third-order valence-corrected chi connectivity index (χ3v) is 4.34. The highest BCUT2D eigenvalue weighted by molar-refractivity contribution is 5.84. The molecule has 23 heavy (non-hydrogen) atoms. The zero-order valence-electron chi connectivity index (χ0n) is 12.9. The van der Waals surface area contributed by atoms with Crippen molar-refractivity contribution in [2.45, 2.75) is 31.9 Å². The van der Waals surface area contributed by atoms with Gasteiger partial charge in [0.1, 0.15) is 23.7 Å². The van der Waals surface area contributed by atoms with Gasteiger partial charge in [-0.15, -0.1) is 0 Å². The average Bonchev–Trinajstić information content (AvgIpc) is 2.55. The molecule has 0 amide bonds. The number of ether oxygens (including phenoxy) is 1. The lowest BCUT2D eigenvalue weighted by Gasteiger charge is -2.34. The Labute approximate surface area is 133 Å². The fourth-order valence-corrected chi connectivity index (χ4v) is 2.91. The maximum atomic E-state index is 13.5. The highest BCUT2D eigenvalue weighted by atomic mass is 19.1. The molecule has 0 spiro atoms. The van der Waals surface area contributed by atoms with Gasteiger partial charge in [0, 0.05) is 24.7 Å². The van der Waals surface area contributed by atoms with Crippen molar-refractivity contribution < 1.29 is 19.0 Å². The number of halogens is 1. The molecule has 1 aromatic carbocycles. The van der Waals surface area contributed by atoms with Gasteiger partial charge in [-0.1, -0.05) is 0 Å². The van der Waals surface area contributed by atoms with Gasteiger partial charge in [0.2, 0.25) is 0 Å². The second-order valence-corrected chi connectivity index (χ2v) is 5.84. The van der Waals surface area contributed by atoms with Crippen molar-refractivity contribution in [3.63, 3.8) is 0 Å². The van der Waals surface area contributed by atoms with Crippen molar-refractivity contribution in [1.82, 2.24) is 9.88 Å². The van der Waals surface area contributed by atoms with Crippen LogP contribution in [0, 0.1) is 5.82 Å². The van der Waals surface area contributed by atoms with Crippen molar-refractivity contribution in [2.24, 2.45) is 0 Å². The SMILES string of the molecule is CC(C(=O)O)N1CCC(Oc2ccnc3ccc(F)cc23)CC1. The van der Waals surface area contributed by atoms with E-state index in [-0.39, 0.29) is 11.9 Å². The lowest BCUT2D eigenvalue weighted by atomic mass is 10.1. The van der Waals surface area contributed by atoms with Gasteiger partial charge < -0.3 is 9.84 Å². The summed E-state index contributed by atoms with van der Waals surface area (Å²) in [4.78, 5) is 17.2. The third kappa shape index (κ3) is 3.42. The lowest BCUT2D eigenvalue weighted by Crippen LogP contribution is -2.46. The molecule has 1 N–H and O–H groups in total. The van der Waals surface area contributed by atoms with E-state index in [9.17, 15) is 9.18 Å². The van der Waals surface area contributed by atoms with E-state index in [0.29, 0.717) is 29.7 Å². The molecule has 1 aliphatic heterocycles. The first-order valence-corrected chi connectivity index (χ1v) is 7.72. The Bertz CT molecular complexity index is 714. The number of carboxylic acid groups (broad SMARTS) is 1. The molecule has 5 nitrogen and oxygen atoms in total. The molecule has 2 heterocycles. The molecule has 1 atom stereocenters. The summed E-state index contributed by atoms with van der Waals surface area (Å²) in [6, 6.07) is 5.71. The highest BCUT2D eigenvalue weighted by Crippen LogP contribution is 2.27. The largest absolute Gasteiger partial charge is 0.490 e. The number of pyridine rings is 1. The molecule has 122 valence electrons. The predicted octanol–water partition coefficient (Wildman–Crippen LogP) is 2.69. The zero-order chi connectivity index (χ0) is 16.4. The van der Waals surface area contributed by atoms with Crippen molar-refractivity contribution in [1.29, 1.82) is 0 Å². The standard InChI is InChI=1S/C17H19FN2O3/c1-11(17(21)22)20-8-5-13(6-9-20)23-16-4-7-19-15-3-2-12(18)10-14(15)16/h2-4,7,10-11,13H,5-6,8-9H2,1H3,(H,21,22). The Morgan fingerprint density at radius 3 is 2.83 bits per heavy atom. The molecule has 1 aromatic heterocycles. The van der Waals surface area contributed by atoms with Crippen LogP contribution < -0.4 is 4.74 Å². The Kier molecular flexibility index (Phi) is 4.43. The van der Waals surface area contributed by atoms with Crippen LogP contribution in [-0.2, 0) is 4.79 Å². The van der Waals surface area contributed by atoms with Gasteiger partial charge in [-0.05, 0) is 44.0 Å². The number of aromatic nitrogens is 1. The maximum Gasteiger partial charge on any atom is 0.320 e. The van der Waals surface area contributed by atoms with Crippen LogP contribution in [0.4, 0.5) is 4.39 Å². The molecule has 2 aromatic rings. The summed E-state index contributed by atoms with van der Waals surface area (Å²) in [5, 5.41) is 9.73. The summed E-state index contributed by atoms with van der Waals surface area (Å²) in [6.45, 7) is 3.05. The van der Waals surface area contributed by atoms with E-state index in [1.54, 1.807) is 25.3 Å². The summed E-state index contributed by atoms with van der Waals surface area (Å²) in [5.74, 6) is -0.500. The number of carboxylic acids is 1. The average molecular weight is 318 g/mol. The van der Waals surface area contributed by atoms with Crippen LogP contribution in [0.2, 0.25) is 0 Å². The predicted molar refractivity (Wildman–Crippen MR) is 84.0 cm³/mol. The summed E-state index contributed by atoms with van der Waals surface area (Å²) >= 11 is 0. The fraction of sp³-hybridized carbons (Fsp3) is 0.412. The maximum absolute atomic E-state index is 13.5. The number of aliphatic carboxylic acids is 1. The van der Waals surface area contributed by atoms with Gasteiger partial charge in [0.05, 0.1) is 5.52 Å². The smallest absolute Gasteiger partial charge is 0.320 e. The van der Waals surface area contributed by atoms with Crippen LogP contribution in [0.5, 0.6) is 5.75 Å². The van der Waals surface area contributed by atoms with Crippen molar-refractivity contribution in [3.05, 3.63) is 36.3 Å². The van der Waals surface area contributed by atoms with Crippen molar-refractivity contribution in [3.8, 4) is 5.75 Å². The number of nitrogens with zero attached hydrogens (tertiary/aromatic N) is 2. The monoisotopic (exact) mass is 318 g/mol. The summed E-state index contributed by atoms with van der Waals surface area (Å²) in [7, 11) is 0. The topological polar surface area (TPSA) is 62.7 Å². The number of rotatable bonds is 4. The Hall–Kier alpha value is -2.21. The number of fused-ring (bicyclic) bond motifs is 1. The zero-order valence-corrected chi connectivity index (χ0v) is 12.9. The normalized spacial score (nSPS) is 18.0. The van der Waals surface area contributed by atoms with Gasteiger partial charge in [0.25, 0.3) is 0 Å². The minimum atomic E-state index is -0.806. The Balaban J connectivity index is 1.70. The highest BCUT2D eigenvalue weighted by Gasteiger charge is 2.27. The lowest BCUT2D eigenvalue weighted by molar-refractivity contribution is -0.143. The number of hydrogen-bond acceptors (Lipinski definition) is 4. The molecule has 3 rings (SSSR count). The molecule has 0 saturated carbocycles. The Morgan fingerprint density at radius 1 is 1.39 bits per heavy atom.